The van der Waals surface area contributed by atoms with E-state index in [1.165, 1.54) is 0 Å². The minimum atomic E-state index is -0.799. The quantitative estimate of drug-likeness (QED) is 0.770. The molecule has 1 rings (SSSR count). The van der Waals surface area contributed by atoms with Gasteiger partial charge in [0.1, 0.15) is 0 Å². The van der Waals surface area contributed by atoms with Gasteiger partial charge in [-0.3, -0.25) is 4.79 Å². The van der Waals surface area contributed by atoms with Crippen molar-refractivity contribution in [1.29, 1.82) is 0 Å². The molecular formula is C13H21NO2. The minimum Gasteiger partial charge on any atom is -0.481 e. The van der Waals surface area contributed by atoms with Gasteiger partial charge >= 0.3 is 5.97 Å². The monoisotopic (exact) mass is 223 g/mol. The zero-order valence-electron chi connectivity index (χ0n) is 10.1. The molecule has 1 unspecified atom stereocenters. The Labute approximate surface area is 97.6 Å². The zero-order valence-corrected chi connectivity index (χ0v) is 10.1. The van der Waals surface area contributed by atoms with Gasteiger partial charge in [-0.2, -0.15) is 0 Å². The largest absolute Gasteiger partial charge is 0.481 e. The highest BCUT2D eigenvalue weighted by Crippen LogP contribution is 2.21. The van der Waals surface area contributed by atoms with Gasteiger partial charge in [0.2, 0.25) is 0 Å². The number of carboxylic acid groups (broad SMARTS) is 1. The van der Waals surface area contributed by atoms with Crippen LogP contribution in [0, 0.1) is 0 Å². The molecule has 1 aliphatic heterocycles. The summed E-state index contributed by atoms with van der Waals surface area (Å²) >= 11 is 0. The molecule has 0 saturated heterocycles. The first-order valence-electron chi connectivity index (χ1n) is 5.62. The fraction of sp³-hybridized carbons (Fsp3) is 0.462. The van der Waals surface area contributed by atoms with Crippen molar-refractivity contribution in [2.45, 2.75) is 32.7 Å². The number of hydrogen-bond donors (Lipinski definition) is 2. The van der Waals surface area contributed by atoms with Crippen molar-refractivity contribution >= 4 is 5.97 Å². The molecule has 0 saturated carbocycles. The van der Waals surface area contributed by atoms with E-state index in [1.54, 1.807) is 12.2 Å². The van der Waals surface area contributed by atoms with Crippen LogP contribution >= 0.6 is 0 Å². The normalized spacial score (nSPS) is 19.5. The molecule has 0 amide bonds. The van der Waals surface area contributed by atoms with E-state index in [2.05, 4.69) is 18.5 Å². The van der Waals surface area contributed by atoms with Crippen molar-refractivity contribution in [3.63, 3.8) is 0 Å². The van der Waals surface area contributed by atoms with E-state index in [0.29, 0.717) is 0 Å². The van der Waals surface area contributed by atoms with Crippen LogP contribution in [0.25, 0.3) is 0 Å². The topological polar surface area (TPSA) is 49.3 Å². The van der Waals surface area contributed by atoms with Gasteiger partial charge in [-0.05, 0) is 24.1 Å². The molecule has 0 aromatic carbocycles. The van der Waals surface area contributed by atoms with Crippen LogP contribution in [0.4, 0.5) is 0 Å². The Hall–Kier alpha value is -1.35. The lowest BCUT2D eigenvalue weighted by molar-refractivity contribution is -0.137. The van der Waals surface area contributed by atoms with E-state index >= 15 is 0 Å². The number of carbonyl (C=O) groups is 1. The van der Waals surface area contributed by atoms with E-state index in [4.69, 9.17) is 5.11 Å². The van der Waals surface area contributed by atoms with Gasteiger partial charge in [-0.15, -0.1) is 0 Å². The van der Waals surface area contributed by atoms with E-state index in [-0.39, 0.29) is 12.5 Å². The number of rotatable bonds is 4. The lowest BCUT2D eigenvalue weighted by Gasteiger charge is -2.25. The van der Waals surface area contributed by atoms with Crippen LogP contribution in [0.5, 0.6) is 0 Å². The van der Waals surface area contributed by atoms with Crippen molar-refractivity contribution in [1.82, 2.24) is 5.32 Å². The van der Waals surface area contributed by atoms with Crippen LogP contribution in [0.2, 0.25) is 0 Å². The SMILES string of the molecule is C=CC1=C(C=C)C(CC(=O)O)NCC1.CC. The summed E-state index contributed by atoms with van der Waals surface area (Å²) in [7, 11) is 0. The second-order valence-electron chi connectivity index (χ2n) is 3.24. The third-order valence-electron chi connectivity index (χ3n) is 2.38. The average molecular weight is 223 g/mol. The molecule has 0 aromatic heterocycles. The van der Waals surface area contributed by atoms with E-state index in [1.807, 2.05) is 13.8 Å². The molecule has 2 N–H and O–H groups in total. The first kappa shape index (κ1) is 14.6. The second kappa shape index (κ2) is 7.88. The van der Waals surface area contributed by atoms with Crippen LogP contribution < -0.4 is 5.32 Å². The second-order valence-corrected chi connectivity index (χ2v) is 3.24. The fourth-order valence-electron chi connectivity index (χ4n) is 1.71. The highest BCUT2D eigenvalue weighted by molar-refractivity contribution is 5.68. The average Bonchev–Trinajstić information content (AvgIpc) is 2.30. The zero-order chi connectivity index (χ0) is 12.6. The molecule has 1 atom stereocenters. The molecule has 0 radical (unpaired) electrons. The number of allylic oxidation sites excluding steroid dienone is 1. The molecule has 3 heteroatoms. The maximum absolute atomic E-state index is 10.6. The fourth-order valence-corrected chi connectivity index (χ4v) is 1.71. The number of hydrogen-bond acceptors (Lipinski definition) is 2. The summed E-state index contributed by atoms with van der Waals surface area (Å²) in [5.74, 6) is -0.799. The Kier molecular flexibility index (Phi) is 7.21. The smallest absolute Gasteiger partial charge is 0.305 e. The highest BCUT2D eigenvalue weighted by Gasteiger charge is 2.21. The predicted octanol–water partition coefficient (Wildman–Crippen LogP) is 2.52. The molecule has 0 fully saturated rings. The van der Waals surface area contributed by atoms with Gasteiger partial charge in [0.25, 0.3) is 0 Å². The number of aliphatic carboxylic acids is 1. The predicted molar refractivity (Wildman–Crippen MR) is 67.4 cm³/mol. The Morgan fingerprint density at radius 1 is 1.50 bits per heavy atom. The van der Waals surface area contributed by atoms with Gasteiger partial charge in [0.05, 0.1) is 6.42 Å². The lowest BCUT2D eigenvalue weighted by atomic mass is 9.92. The third kappa shape index (κ3) is 4.03. The summed E-state index contributed by atoms with van der Waals surface area (Å²) in [6.45, 7) is 12.2. The van der Waals surface area contributed by atoms with Gasteiger partial charge in [0.15, 0.2) is 0 Å². The summed E-state index contributed by atoms with van der Waals surface area (Å²) in [5, 5.41) is 11.9. The molecule has 0 spiro atoms. The Morgan fingerprint density at radius 2 is 2.12 bits per heavy atom. The Bertz CT molecular complexity index is 292. The Balaban J connectivity index is 0.00000106. The van der Waals surface area contributed by atoms with E-state index < -0.39 is 5.97 Å². The summed E-state index contributed by atoms with van der Waals surface area (Å²) < 4.78 is 0. The molecule has 16 heavy (non-hydrogen) atoms. The molecule has 90 valence electrons. The van der Waals surface area contributed by atoms with Crippen molar-refractivity contribution < 1.29 is 9.90 Å². The molecule has 0 aliphatic carbocycles. The summed E-state index contributed by atoms with van der Waals surface area (Å²) in [4.78, 5) is 10.6. The van der Waals surface area contributed by atoms with E-state index in [0.717, 1.165) is 24.1 Å². The molecular weight excluding hydrogens is 202 g/mol. The van der Waals surface area contributed by atoms with Crippen LogP contribution in [-0.4, -0.2) is 23.7 Å². The van der Waals surface area contributed by atoms with Crippen LogP contribution in [0.15, 0.2) is 36.5 Å². The first-order chi connectivity index (χ1) is 7.69. The van der Waals surface area contributed by atoms with Crippen molar-refractivity contribution in [2.75, 3.05) is 6.54 Å². The molecule has 3 nitrogen and oxygen atoms in total. The Morgan fingerprint density at radius 3 is 2.56 bits per heavy atom. The molecule has 1 aliphatic rings. The maximum Gasteiger partial charge on any atom is 0.305 e. The van der Waals surface area contributed by atoms with Gasteiger partial charge in [-0.25, -0.2) is 0 Å². The van der Waals surface area contributed by atoms with Crippen molar-refractivity contribution in [3.05, 3.63) is 36.5 Å². The maximum atomic E-state index is 10.6. The third-order valence-corrected chi connectivity index (χ3v) is 2.38. The summed E-state index contributed by atoms with van der Waals surface area (Å²) in [6.07, 6.45) is 4.49. The first-order valence-corrected chi connectivity index (χ1v) is 5.62. The van der Waals surface area contributed by atoms with Crippen LogP contribution in [0.3, 0.4) is 0 Å². The van der Waals surface area contributed by atoms with Crippen LogP contribution in [-0.2, 0) is 4.79 Å². The molecule has 0 aromatic rings. The minimum absolute atomic E-state index is 0.0959. The highest BCUT2D eigenvalue weighted by atomic mass is 16.4. The van der Waals surface area contributed by atoms with Gasteiger partial charge < -0.3 is 10.4 Å². The van der Waals surface area contributed by atoms with Gasteiger partial charge in [-0.1, -0.05) is 39.2 Å². The number of carboxylic acids is 1. The summed E-state index contributed by atoms with van der Waals surface area (Å²) in [5.41, 5.74) is 2.07. The van der Waals surface area contributed by atoms with Crippen molar-refractivity contribution in [3.8, 4) is 0 Å². The molecule has 0 bridgehead atoms. The number of nitrogens with one attached hydrogen (secondary N) is 1. The van der Waals surface area contributed by atoms with Crippen LogP contribution in [0.1, 0.15) is 26.7 Å². The lowest BCUT2D eigenvalue weighted by Crippen LogP contribution is -2.37. The summed E-state index contributed by atoms with van der Waals surface area (Å²) in [6, 6.07) is -0.119. The van der Waals surface area contributed by atoms with Gasteiger partial charge in [0, 0.05) is 6.04 Å². The van der Waals surface area contributed by atoms with Crippen molar-refractivity contribution in [2.24, 2.45) is 0 Å². The molecule has 1 heterocycles. The van der Waals surface area contributed by atoms with E-state index in [9.17, 15) is 4.79 Å². The standard InChI is InChI=1S/C11H15NO2.C2H6/c1-3-8-5-6-12-10(7-11(13)14)9(8)4-2;1-2/h3-4,10,12H,1-2,5-7H2,(H,13,14);1-2H3.